The zero-order chi connectivity index (χ0) is 12.0. The van der Waals surface area contributed by atoms with Crippen molar-refractivity contribution in [1.29, 1.82) is 5.41 Å². The number of aromatic nitrogens is 2. The fraction of sp³-hybridized carbons (Fsp3) is 0.545. The van der Waals surface area contributed by atoms with E-state index in [9.17, 15) is 0 Å². The highest BCUT2D eigenvalue weighted by molar-refractivity contribution is 5.97. The summed E-state index contributed by atoms with van der Waals surface area (Å²) in [4.78, 5) is 10.5. The van der Waals surface area contributed by atoms with E-state index < -0.39 is 0 Å². The van der Waals surface area contributed by atoms with Gasteiger partial charge in [-0.1, -0.05) is 13.3 Å². The van der Waals surface area contributed by atoms with Crippen LogP contribution in [0.25, 0.3) is 0 Å². The molecule has 1 rings (SSSR count). The maximum Gasteiger partial charge on any atom is 0.158 e. The summed E-state index contributed by atoms with van der Waals surface area (Å²) in [5, 5.41) is 7.47. The van der Waals surface area contributed by atoms with Gasteiger partial charge in [-0.25, -0.2) is 9.97 Å². The summed E-state index contributed by atoms with van der Waals surface area (Å²) in [6.45, 7) is 5.98. The first kappa shape index (κ1) is 12.4. The van der Waals surface area contributed by atoms with Gasteiger partial charge < -0.3 is 10.6 Å². The predicted molar refractivity (Wildman–Crippen MR) is 65.8 cm³/mol. The van der Waals surface area contributed by atoms with E-state index in [0.717, 1.165) is 25.9 Å². The summed E-state index contributed by atoms with van der Waals surface area (Å²) in [5.74, 6) is 0.684. The number of hydrogen-bond acceptors (Lipinski definition) is 4. The van der Waals surface area contributed by atoms with Crippen LogP contribution in [-0.4, -0.2) is 28.9 Å². The second kappa shape index (κ2) is 6.05. The largest absolute Gasteiger partial charge is 0.382 e. The van der Waals surface area contributed by atoms with E-state index in [1.165, 1.54) is 0 Å². The van der Waals surface area contributed by atoms with E-state index in [2.05, 4.69) is 28.7 Å². The van der Waals surface area contributed by atoms with Gasteiger partial charge in [-0.3, -0.25) is 5.41 Å². The SMILES string of the molecule is CCCCN(CC)c1nccnc1C(=N)N. The second-order valence-electron chi connectivity index (χ2n) is 3.58. The van der Waals surface area contributed by atoms with Gasteiger partial charge in [-0.05, 0) is 13.3 Å². The molecule has 0 aromatic carbocycles. The molecule has 16 heavy (non-hydrogen) atoms. The van der Waals surface area contributed by atoms with Crippen molar-refractivity contribution in [2.75, 3.05) is 18.0 Å². The van der Waals surface area contributed by atoms with Crippen molar-refractivity contribution in [3.8, 4) is 0 Å². The number of nitrogens with one attached hydrogen (secondary N) is 1. The van der Waals surface area contributed by atoms with Crippen molar-refractivity contribution in [2.45, 2.75) is 26.7 Å². The first-order valence-corrected chi connectivity index (χ1v) is 5.61. The van der Waals surface area contributed by atoms with E-state index in [4.69, 9.17) is 11.1 Å². The number of hydrogen-bond donors (Lipinski definition) is 2. The van der Waals surface area contributed by atoms with Gasteiger partial charge in [0.1, 0.15) is 11.5 Å². The molecule has 3 N–H and O–H groups in total. The number of unbranched alkanes of at least 4 members (excludes halogenated alkanes) is 1. The Balaban J connectivity index is 2.94. The summed E-state index contributed by atoms with van der Waals surface area (Å²) >= 11 is 0. The molecule has 0 saturated heterocycles. The van der Waals surface area contributed by atoms with Crippen LogP contribution in [0.2, 0.25) is 0 Å². The van der Waals surface area contributed by atoms with Crippen LogP contribution in [0.4, 0.5) is 5.82 Å². The van der Waals surface area contributed by atoms with Gasteiger partial charge in [0.15, 0.2) is 5.82 Å². The van der Waals surface area contributed by atoms with Crippen LogP contribution in [0.1, 0.15) is 32.4 Å². The molecule has 0 fully saturated rings. The summed E-state index contributed by atoms with van der Waals surface area (Å²) in [6, 6.07) is 0. The van der Waals surface area contributed by atoms with E-state index >= 15 is 0 Å². The molecular weight excluding hydrogens is 202 g/mol. The molecule has 0 radical (unpaired) electrons. The molecule has 0 aliphatic rings. The molecule has 5 heteroatoms. The lowest BCUT2D eigenvalue weighted by molar-refractivity contribution is 0.721. The lowest BCUT2D eigenvalue weighted by Gasteiger charge is -2.23. The Kier molecular flexibility index (Phi) is 4.69. The Morgan fingerprint density at radius 2 is 2.06 bits per heavy atom. The maximum absolute atomic E-state index is 7.47. The second-order valence-corrected chi connectivity index (χ2v) is 3.58. The number of amidine groups is 1. The molecule has 88 valence electrons. The van der Waals surface area contributed by atoms with Crippen molar-refractivity contribution >= 4 is 11.7 Å². The van der Waals surface area contributed by atoms with Crippen LogP contribution >= 0.6 is 0 Å². The molecule has 1 heterocycles. The van der Waals surface area contributed by atoms with Gasteiger partial charge >= 0.3 is 0 Å². The van der Waals surface area contributed by atoms with E-state index in [1.54, 1.807) is 12.4 Å². The van der Waals surface area contributed by atoms with Crippen LogP contribution in [0, 0.1) is 5.41 Å². The number of nitrogens with two attached hydrogens (primary N) is 1. The van der Waals surface area contributed by atoms with Crippen molar-refractivity contribution in [2.24, 2.45) is 5.73 Å². The highest BCUT2D eigenvalue weighted by atomic mass is 15.2. The predicted octanol–water partition coefficient (Wildman–Crippen LogP) is 1.39. The van der Waals surface area contributed by atoms with Gasteiger partial charge in [0.25, 0.3) is 0 Å². The van der Waals surface area contributed by atoms with Crippen LogP contribution in [-0.2, 0) is 0 Å². The van der Waals surface area contributed by atoms with Crippen LogP contribution in [0.15, 0.2) is 12.4 Å². The smallest absolute Gasteiger partial charge is 0.158 e. The van der Waals surface area contributed by atoms with Gasteiger partial charge in [-0.15, -0.1) is 0 Å². The van der Waals surface area contributed by atoms with Gasteiger partial charge in [0.2, 0.25) is 0 Å². The third-order valence-electron chi connectivity index (χ3n) is 2.40. The molecule has 0 atom stereocenters. The molecular formula is C11H19N5. The minimum Gasteiger partial charge on any atom is -0.382 e. The Morgan fingerprint density at radius 1 is 1.38 bits per heavy atom. The maximum atomic E-state index is 7.47. The Bertz CT molecular complexity index is 350. The summed E-state index contributed by atoms with van der Waals surface area (Å²) in [5.41, 5.74) is 5.96. The van der Waals surface area contributed by atoms with Crippen molar-refractivity contribution < 1.29 is 0 Å². The minimum atomic E-state index is -0.0296. The van der Waals surface area contributed by atoms with Crippen molar-refractivity contribution in [3.63, 3.8) is 0 Å². The lowest BCUT2D eigenvalue weighted by Crippen LogP contribution is -2.29. The fourth-order valence-electron chi connectivity index (χ4n) is 1.51. The topological polar surface area (TPSA) is 78.9 Å². The normalized spacial score (nSPS) is 10.1. The molecule has 0 aliphatic heterocycles. The zero-order valence-corrected chi connectivity index (χ0v) is 9.90. The number of nitrogens with zero attached hydrogens (tertiary/aromatic N) is 3. The fourth-order valence-corrected chi connectivity index (χ4v) is 1.51. The zero-order valence-electron chi connectivity index (χ0n) is 9.90. The lowest BCUT2D eigenvalue weighted by atomic mass is 10.3. The van der Waals surface area contributed by atoms with Gasteiger partial charge in [0.05, 0.1) is 0 Å². The molecule has 0 spiro atoms. The monoisotopic (exact) mass is 221 g/mol. The first-order valence-electron chi connectivity index (χ1n) is 5.61. The Hall–Kier alpha value is -1.65. The molecule has 0 amide bonds. The number of nitrogen functional groups attached to an aromatic ring is 1. The molecule has 0 bridgehead atoms. The van der Waals surface area contributed by atoms with Crippen molar-refractivity contribution in [1.82, 2.24) is 9.97 Å². The Labute approximate surface area is 96.2 Å². The molecule has 5 nitrogen and oxygen atoms in total. The average Bonchev–Trinajstić information content (AvgIpc) is 2.30. The highest BCUT2D eigenvalue weighted by Gasteiger charge is 2.13. The Morgan fingerprint density at radius 3 is 2.62 bits per heavy atom. The summed E-state index contributed by atoms with van der Waals surface area (Å²) < 4.78 is 0. The molecule has 0 saturated carbocycles. The van der Waals surface area contributed by atoms with E-state index in [0.29, 0.717) is 11.5 Å². The minimum absolute atomic E-state index is 0.0296. The van der Waals surface area contributed by atoms with E-state index in [-0.39, 0.29) is 5.84 Å². The van der Waals surface area contributed by atoms with Crippen LogP contribution < -0.4 is 10.6 Å². The van der Waals surface area contributed by atoms with Crippen LogP contribution in [0.3, 0.4) is 0 Å². The quantitative estimate of drug-likeness (QED) is 0.562. The van der Waals surface area contributed by atoms with E-state index in [1.807, 2.05) is 0 Å². The third-order valence-corrected chi connectivity index (χ3v) is 2.40. The van der Waals surface area contributed by atoms with Crippen LogP contribution in [0.5, 0.6) is 0 Å². The van der Waals surface area contributed by atoms with Gasteiger partial charge in [0, 0.05) is 25.5 Å². The van der Waals surface area contributed by atoms with Gasteiger partial charge in [-0.2, -0.15) is 0 Å². The number of anilines is 1. The molecule has 1 aromatic rings. The summed E-state index contributed by atoms with van der Waals surface area (Å²) in [6.07, 6.45) is 5.43. The third kappa shape index (κ3) is 2.92. The highest BCUT2D eigenvalue weighted by Crippen LogP contribution is 2.14. The molecule has 0 unspecified atom stereocenters. The summed E-state index contributed by atoms with van der Waals surface area (Å²) in [7, 11) is 0. The first-order chi connectivity index (χ1) is 7.70. The standard InChI is InChI=1S/C11H19N5/c1-3-5-8-16(4-2)11-9(10(12)13)14-6-7-15-11/h6-7H,3-5,8H2,1-2H3,(H3,12,13). The molecule has 0 aliphatic carbocycles. The van der Waals surface area contributed by atoms with Crippen molar-refractivity contribution in [3.05, 3.63) is 18.1 Å². The number of rotatable bonds is 6. The average molecular weight is 221 g/mol. The molecule has 1 aromatic heterocycles.